The van der Waals surface area contributed by atoms with Gasteiger partial charge in [-0.25, -0.2) is 4.39 Å². The van der Waals surface area contributed by atoms with Crippen LogP contribution in [0.15, 0.2) is 29.4 Å². The van der Waals surface area contributed by atoms with Crippen LogP contribution in [0.4, 0.5) is 4.39 Å². The van der Waals surface area contributed by atoms with Crippen molar-refractivity contribution in [2.24, 2.45) is 5.92 Å². The first kappa shape index (κ1) is 21.8. The quantitative estimate of drug-likeness (QED) is 0.593. The number of likely N-dealkylation sites (tertiary alicyclic amines) is 1. The van der Waals surface area contributed by atoms with E-state index in [0.717, 1.165) is 25.8 Å². The molecule has 1 saturated heterocycles. The van der Waals surface area contributed by atoms with Gasteiger partial charge in [0.25, 0.3) is 0 Å². The normalized spacial score (nSPS) is 18.3. The van der Waals surface area contributed by atoms with Crippen LogP contribution in [0.25, 0.3) is 11.4 Å². The molecular weight excluding hydrogens is 387 g/mol. The number of hydrogen-bond acceptors (Lipinski definition) is 4. The van der Waals surface area contributed by atoms with Crippen molar-refractivity contribution in [1.82, 2.24) is 19.7 Å². The Morgan fingerprint density at radius 1 is 1.24 bits per heavy atom. The molecule has 2 unspecified atom stereocenters. The highest BCUT2D eigenvalue weighted by Crippen LogP contribution is 2.31. The number of nitrogens with zero attached hydrogens (tertiary/aromatic N) is 4. The summed E-state index contributed by atoms with van der Waals surface area (Å²) in [5, 5.41) is 9.03. The molecule has 0 bridgehead atoms. The summed E-state index contributed by atoms with van der Waals surface area (Å²) in [5.41, 5.74) is 0.438. The number of hydrogen-bond donors (Lipinski definition) is 0. The minimum absolute atomic E-state index is 0.160. The largest absolute Gasteiger partial charge is 0.339 e. The van der Waals surface area contributed by atoms with Crippen molar-refractivity contribution < 1.29 is 9.18 Å². The molecule has 2 aromatic rings. The maximum absolute atomic E-state index is 14.4. The fourth-order valence-electron chi connectivity index (χ4n) is 3.90. The summed E-state index contributed by atoms with van der Waals surface area (Å²) in [6.07, 6.45) is 4.34. The molecular formula is C22H31FN4OS. The molecule has 1 aromatic carbocycles. The lowest BCUT2D eigenvalue weighted by Gasteiger charge is -2.36. The van der Waals surface area contributed by atoms with E-state index in [1.165, 1.54) is 24.2 Å². The average Bonchev–Trinajstić information content (AvgIpc) is 3.09. The van der Waals surface area contributed by atoms with Crippen molar-refractivity contribution in [3.8, 4) is 11.4 Å². The van der Waals surface area contributed by atoms with Gasteiger partial charge in [-0.05, 0) is 50.7 Å². The molecule has 1 aliphatic rings. The zero-order valence-corrected chi connectivity index (χ0v) is 18.6. The van der Waals surface area contributed by atoms with Gasteiger partial charge in [0.1, 0.15) is 5.82 Å². The molecule has 0 spiro atoms. The smallest absolute Gasteiger partial charge is 0.236 e. The van der Waals surface area contributed by atoms with Gasteiger partial charge in [-0.3, -0.25) is 4.79 Å². The maximum Gasteiger partial charge on any atom is 0.236 e. The second kappa shape index (κ2) is 9.74. The number of aromatic nitrogens is 3. The van der Waals surface area contributed by atoms with Crippen molar-refractivity contribution in [2.75, 3.05) is 6.54 Å². The highest BCUT2D eigenvalue weighted by molar-refractivity contribution is 8.00. The van der Waals surface area contributed by atoms with E-state index in [9.17, 15) is 9.18 Å². The fraction of sp³-hybridized carbons (Fsp3) is 0.591. The monoisotopic (exact) mass is 418 g/mol. The molecule has 0 saturated carbocycles. The van der Waals surface area contributed by atoms with Gasteiger partial charge < -0.3 is 9.47 Å². The number of thioether (sulfide) groups is 1. The number of halogens is 1. The number of benzene rings is 1. The van der Waals surface area contributed by atoms with E-state index in [4.69, 9.17) is 0 Å². The van der Waals surface area contributed by atoms with Gasteiger partial charge in [-0.2, -0.15) is 0 Å². The van der Waals surface area contributed by atoms with Gasteiger partial charge in [0.15, 0.2) is 11.0 Å². The molecule has 1 aliphatic heterocycles. The van der Waals surface area contributed by atoms with Crippen molar-refractivity contribution in [2.45, 2.75) is 76.4 Å². The van der Waals surface area contributed by atoms with E-state index in [1.807, 2.05) is 16.4 Å². The summed E-state index contributed by atoms with van der Waals surface area (Å²) in [6, 6.07) is 6.96. The van der Waals surface area contributed by atoms with E-state index >= 15 is 0 Å². The Morgan fingerprint density at radius 2 is 2.00 bits per heavy atom. The summed E-state index contributed by atoms with van der Waals surface area (Å²) in [6.45, 7) is 9.80. The summed E-state index contributed by atoms with van der Waals surface area (Å²) >= 11 is 1.42. The molecule has 1 fully saturated rings. The first-order valence-corrected chi connectivity index (χ1v) is 11.5. The highest BCUT2D eigenvalue weighted by atomic mass is 32.2. The van der Waals surface area contributed by atoms with Crippen LogP contribution in [-0.4, -0.2) is 43.4 Å². The molecule has 2 heterocycles. The predicted octanol–water partition coefficient (Wildman–Crippen LogP) is 5.01. The number of piperidine rings is 1. The zero-order chi connectivity index (χ0) is 21.0. The Kier molecular flexibility index (Phi) is 7.33. The topological polar surface area (TPSA) is 51.0 Å². The third kappa shape index (κ3) is 5.00. The molecule has 3 rings (SSSR count). The van der Waals surface area contributed by atoms with Crippen LogP contribution in [0, 0.1) is 11.7 Å². The van der Waals surface area contributed by atoms with E-state index < -0.39 is 0 Å². The van der Waals surface area contributed by atoms with Crippen LogP contribution in [0.2, 0.25) is 0 Å². The van der Waals surface area contributed by atoms with Crippen molar-refractivity contribution in [1.29, 1.82) is 0 Å². The summed E-state index contributed by atoms with van der Waals surface area (Å²) < 4.78 is 16.3. The average molecular weight is 419 g/mol. The van der Waals surface area contributed by atoms with Gasteiger partial charge in [-0.1, -0.05) is 44.7 Å². The summed E-state index contributed by atoms with van der Waals surface area (Å²) in [5.74, 6) is 0.703. The lowest BCUT2D eigenvalue weighted by Crippen LogP contribution is -2.46. The predicted molar refractivity (Wildman–Crippen MR) is 115 cm³/mol. The minimum Gasteiger partial charge on any atom is -0.339 e. The highest BCUT2D eigenvalue weighted by Gasteiger charge is 2.30. The summed E-state index contributed by atoms with van der Waals surface area (Å²) in [4.78, 5) is 15.2. The fourth-order valence-corrected chi connectivity index (χ4v) is 4.83. The molecule has 0 radical (unpaired) electrons. The van der Waals surface area contributed by atoms with E-state index in [0.29, 0.717) is 35.0 Å². The van der Waals surface area contributed by atoms with Gasteiger partial charge >= 0.3 is 0 Å². The van der Waals surface area contributed by atoms with Crippen LogP contribution >= 0.6 is 11.8 Å². The van der Waals surface area contributed by atoms with Crippen LogP contribution in [0.5, 0.6) is 0 Å². The second-order valence-electron chi connectivity index (χ2n) is 8.14. The Bertz CT molecular complexity index is 838. The van der Waals surface area contributed by atoms with Gasteiger partial charge in [0.2, 0.25) is 5.91 Å². The van der Waals surface area contributed by atoms with Crippen LogP contribution < -0.4 is 0 Å². The number of rotatable bonds is 7. The lowest BCUT2D eigenvalue weighted by molar-refractivity contribution is -0.134. The molecule has 29 heavy (non-hydrogen) atoms. The van der Waals surface area contributed by atoms with Gasteiger partial charge in [0.05, 0.1) is 10.8 Å². The third-order valence-electron chi connectivity index (χ3n) is 5.39. The molecule has 158 valence electrons. The molecule has 0 aliphatic carbocycles. The molecule has 1 amide bonds. The van der Waals surface area contributed by atoms with Crippen molar-refractivity contribution >= 4 is 17.7 Å². The van der Waals surface area contributed by atoms with E-state index in [2.05, 4.69) is 31.0 Å². The van der Waals surface area contributed by atoms with Crippen LogP contribution in [-0.2, 0) is 11.3 Å². The Balaban J connectivity index is 1.84. The van der Waals surface area contributed by atoms with Crippen LogP contribution in [0.1, 0.15) is 53.4 Å². The van der Waals surface area contributed by atoms with E-state index in [1.54, 1.807) is 18.2 Å². The molecule has 7 heteroatoms. The van der Waals surface area contributed by atoms with Gasteiger partial charge in [0, 0.05) is 19.1 Å². The zero-order valence-electron chi connectivity index (χ0n) is 17.8. The third-order valence-corrected chi connectivity index (χ3v) is 6.46. The van der Waals surface area contributed by atoms with Crippen molar-refractivity contribution in [3.05, 3.63) is 30.1 Å². The number of carbonyl (C=O) groups is 1. The second-order valence-corrected chi connectivity index (χ2v) is 9.45. The SMILES string of the molecule is CCC1CCCCN1C(=O)C(C)Sc1nnc(-c2ccccc2F)n1CC(C)C. The molecule has 5 nitrogen and oxygen atoms in total. The molecule has 2 atom stereocenters. The Labute approximate surface area is 177 Å². The Hall–Kier alpha value is -1.89. The van der Waals surface area contributed by atoms with Gasteiger partial charge in [-0.15, -0.1) is 10.2 Å². The molecule has 0 N–H and O–H groups in total. The Morgan fingerprint density at radius 3 is 2.69 bits per heavy atom. The lowest BCUT2D eigenvalue weighted by atomic mass is 10.00. The minimum atomic E-state index is -0.315. The van der Waals surface area contributed by atoms with E-state index in [-0.39, 0.29) is 17.0 Å². The first-order chi connectivity index (χ1) is 13.9. The van der Waals surface area contributed by atoms with Crippen LogP contribution in [0.3, 0.4) is 0 Å². The molecule has 1 aromatic heterocycles. The summed E-state index contributed by atoms with van der Waals surface area (Å²) in [7, 11) is 0. The van der Waals surface area contributed by atoms with Crippen molar-refractivity contribution in [3.63, 3.8) is 0 Å². The maximum atomic E-state index is 14.4. The number of amides is 1. The standard InChI is InChI=1S/C22H31FN4OS/c1-5-17-10-8-9-13-26(17)21(28)16(4)29-22-25-24-20(27(22)14-15(2)3)18-11-6-7-12-19(18)23/h6-7,11-12,15-17H,5,8-10,13-14H2,1-4H3. The number of carbonyl (C=O) groups excluding carboxylic acids is 1. The first-order valence-electron chi connectivity index (χ1n) is 10.6.